The van der Waals surface area contributed by atoms with Crippen LogP contribution in [-0.2, 0) is 19.5 Å². The fraction of sp³-hybridized carbons (Fsp3) is 0.263. The van der Waals surface area contributed by atoms with Crippen LogP contribution in [0.1, 0.15) is 29.7 Å². The summed E-state index contributed by atoms with van der Waals surface area (Å²) in [5.41, 5.74) is 10.7. The molecule has 0 aliphatic rings. The van der Waals surface area contributed by atoms with Crippen molar-refractivity contribution in [3.63, 3.8) is 0 Å². The van der Waals surface area contributed by atoms with E-state index in [0.29, 0.717) is 6.54 Å². The van der Waals surface area contributed by atoms with Crippen molar-refractivity contribution in [3.8, 4) is 11.1 Å². The highest BCUT2D eigenvalue weighted by molar-refractivity contribution is 5.63. The van der Waals surface area contributed by atoms with Crippen LogP contribution in [0, 0.1) is 6.92 Å². The molecule has 0 fully saturated rings. The molecule has 0 bridgehead atoms. The Labute approximate surface area is 137 Å². The van der Waals surface area contributed by atoms with Gasteiger partial charge in [0.05, 0.1) is 13.1 Å². The zero-order valence-electron chi connectivity index (χ0n) is 13.7. The van der Waals surface area contributed by atoms with Crippen LogP contribution in [0.4, 0.5) is 0 Å². The normalized spacial score (nSPS) is 10.9. The molecule has 0 spiro atoms. The monoisotopic (exact) mass is 306 g/mol. The Bertz CT molecular complexity index is 749. The van der Waals surface area contributed by atoms with E-state index in [1.165, 1.54) is 22.3 Å². The van der Waals surface area contributed by atoms with E-state index in [1.807, 2.05) is 0 Å². The van der Waals surface area contributed by atoms with Gasteiger partial charge in [0.25, 0.3) is 0 Å². The van der Waals surface area contributed by atoms with E-state index in [9.17, 15) is 0 Å². The van der Waals surface area contributed by atoms with E-state index in [1.54, 1.807) is 0 Å². The quantitative estimate of drug-likeness (QED) is 0.786. The largest absolute Gasteiger partial charge is 0.324 e. The lowest BCUT2D eigenvalue weighted by Gasteiger charge is -2.10. The van der Waals surface area contributed by atoms with Gasteiger partial charge in [0, 0.05) is 6.42 Å². The maximum absolute atomic E-state index is 5.76. The van der Waals surface area contributed by atoms with Gasteiger partial charge in [-0.15, -0.1) is 10.2 Å². The molecule has 0 radical (unpaired) electrons. The smallest absolute Gasteiger partial charge is 0.147 e. The van der Waals surface area contributed by atoms with Crippen molar-refractivity contribution in [1.82, 2.24) is 14.8 Å². The van der Waals surface area contributed by atoms with E-state index in [-0.39, 0.29) is 0 Å². The summed E-state index contributed by atoms with van der Waals surface area (Å²) in [6.45, 7) is 5.36. The van der Waals surface area contributed by atoms with Crippen molar-refractivity contribution in [2.24, 2.45) is 5.73 Å². The molecule has 1 heterocycles. The average molecular weight is 306 g/mol. The molecule has 4 heteroatoms. The number of rotatable bonds is 5. The summed E-state index contributed by atoms with van der Waals surface area (Å²) in [5.74, 6) is 1.82. The molecule has 23 heavy (non-hydrogen) atoms. The minimum atomic E-state index is 0.411. The highest BCUT2D eigenvalue weighted by Gasteiger charge is 2.09. The van der Waals surface area contributed by atoms with Gasteiger partial charge in [0.1, 0.15) is 11.6 Å². The van der Waals surface area contributed by atoms with Crippen LogP contribution in [0.25, 0.3) is 11.1 Å². The van der Waals surface area contributed by atoms with Gasteiger partial charge in [0.15, 0.2) is 0 Å². The van der Waals surface area contributed by atoms with Gasteiger partial charge in [-0.2, -0.15) is 0 Å². The lowest BCUT2D eigenvalue weighted by Crippen LogP contribution is -2.11. The molecular formula is C19H22N4. The fourth-order valence-electron chi connectivity index (χ4n) is 2.70. The standard InChI is InChI=1S/C19H22N4/c1-3-18-21-22-19(12-20)23(18)13-15-6-10-17(11-7-15)16-8-4-14(2)5-9-16/h4-11H,3,12-13,20H2,1-2H3. The van der Waals surface area contributed by atoms with E-state index in [4.69, 9.17) is 5.73 Å². The van der Waals surface area contributed by atoms with Crippen LogP contribution in [0.2, 0.25) is 0 Å². The Balaban J connectivity index is 1.83. The molecule has 2 N–H and O–H groups in total. The van der Waals surface area contributed by atoms with E-state index in [0.717, 1.165) is 24.6 Å². The summed E-state index contributed by atoms with van der Waals surface area (Å²) in [6.07, 6.45) is 0.856. The molecule has 2 aromatic carbocycles. The highest BCUT2D eigenvalue weighted by Crippen LogP contribution is 2.21. The number of nitrogens with zero attached hydrogens (tertiary/aromatic N) is 3. The van der Waals surface area contributed by atoms with E-state index < -0.39 is 0 Å². The summed E-state index contributed by atoms with van der Waals surface area (Å²) in [7, 11) is 0. The minimum Gasteiger partial charge on any atom is -0.324 e. The van der Waals surface area contributed by atoms with Crippen molar-refractivity contribution in [2.75, 3.05) is 0 Å². The third kappa shape index (κ3) is 3.32. The van der Waals surface area contributed by atoms with E-state index >= 15 is 0 Å². The average Bonchev–Trinajstić information content (AvgIpc) is 2.98. The summed E-state index contributed by atoms with van der Waals surface area (Å²) in [5, 5.41) is 8.37. The number of hydrogen-bond acceptors (Lipinski definition) is 3. The minimum absolute atomic E-state index is 0.411. The number of aromatic nitrogens is 3. The topological polar surface area (TPSA) is 56.7 Å². The summed E-state index contributed by atoms with van der Waals surface area (Å²) < 4.78 is 2.11. The second-order valence-electron chi connectivity index (χ2n) is 5.74. The summed E-state index contributed by atoms with van der Waals surface area (Å²) >= 11 is 0. The van der Waals surface area contributed by atoms with Gasteiger partial charge in [-0.25, -0.2) is 0 Å². The van der Waals surface area contributed by atoms with Crippen LogP contribution in [-0.4, -0.2) is 14.8 Å². The molecule has 4 nitrogen and oxygen atoms in total. The van der Waals surface area contributed by atoms with Crippen molar-refractivity contribution in [3.05, 3.63) is 71.3 Å². The number of hydrogen-bond donors (Lipinski definition) is 1. The molecule has 0 saturated heterocycles. The molecule has 0 aliphatic carbocycles. The molecular weight excluding hydrogens is 284 g/mol. The Morgan fingerprint density at radius 1 is 0.870 bits per heavy atom. The second-order valence-corrected chi connectivity index (χ2v) is 5.74. The van der Waals surface area contributed by atoms with Gasteiger partial charge in [-0.1, -0.05) is 61.0 Å². The number of aryl methyl sites for hydroxylation is 2. The Kier molecular flexibility index (Phi) is 4.53. The van der Waals surface area contributed by atoms with Gasteiger partial charge in [-0.05, 0) is 23.6 Å². The third-order valence-electron chi connectivity index (χ3n) is 4.08. The Hall–Kier alpha value is -2.46. The fourth-order valence-corrected chi connectivity index (χ4v) is 2.70. The van der Waals surface area contributed by atoms with E-state index in [2.05, 4.69) is 77.1 Å². The molecule has 1 aromatic heterocycles. The molecule has 0 unspecified atom stereocenters. The van der Waals surface area contributed by atoms with Crippen LogP contribution >= 0.6 is 0 Å². The predicted molar refractivity (Wildman–Crippen MR) is 93.0 cm³/mol. The van der Waals surface area contributed by atoms with Crippen LogP contribution in [0.3, 0.4) is 0 Å². The molecule has 0 amide bonds. The molecule has 0 atom stereocenters. The summed E-state index contributed by atoms with van der Waals surface area (Å²) in [6, 6.07) is 17.3. The first-order chi connectivity index (χ1) is 11.2. The zero-order chi connectivity index (χ0) is 16.2. The zero-order valence-corrected chi connectivity index (χ0v) is 13.7. The first-order valence-electron chi connectivity index (χ1n) is 7.98. The Morgan fingerprint density at radius 3 is 2.00 bits per heavy atom. The Morgan fingerprint density at radius 2 is 1.43 bits per heavy atom. The predicted octanol–water partition coefficient (Wildman–Crippen LogP) is 3.32. The maximum atomic E-state index is 5.76. The number of benzene rings is 2. The number of nitrogens with two attached hydrogens (primary N) is 1. The second kappa shape index (κ2) is 6.75. The SMILES string of the molecule is CCc1nnc(CN)n1Cc1ccc(-c2ccc(C)cc2)cc1. The summed E-state index contributed by atoms with van der Waals surface area (Å²) in [4.78, 5) is 0. The van der Waals surface area contributed by atoms with Crippen molar-refractivity contribution in [1.29, 1.82) is 0 Å². The highest BCUT2D eigenvalue weighted by atomic mass is 15.3. The van der Waals surface area contributed by atoms with Gasteiger partial charge >= 0.3 is 0 Å². The first-order valence-corrected chi connectivity index (χ1v) is 7.98. The van der Waals surface area contributed by atoms with Crippen LogP contribution in [0.15, 0.2) is 48.5 Å². The molecule has 0 aliphatic heterocycles. The van der Waals surface area contributed by atoms with Crippen LogP contribution < -0.4 is 5.73 Å². The van der Waals surface area contributed by atoms with Gasteiger partial charge in [0.2, 0.25) is 0 Å². The lowest BCUT2D eigenvalue weighted by molar-refractivity contribution is 0.687. The molecule has 0 saturated carbocycles. The third-order valence-corrected chi connectivity index (χ3v) is 4.08. The molecule has 118 valence electrons. The van der Waals surface area contributed by atoms with Crippen molar-refractivity contribution < 1.29 is 0 Å². The van der Waals surface area contributed by atoms with Crippen LogP contribution in [0.5, 0.6) is 0 Å². The molecule has 3 rings (SSSR count). The van der Waals surface area contributed by atoms with Crippen molar-refractivity contribution in [2.45, 2.75) is 33.4 Å². The first kappa shape index (κ1) is 15.4. The van der Waals surface area contributed by atoms with Gasteiger partial charge < -0.3 is 10.3 Å². The lowest BCUT2D eigenvalue weighted by atomic mass is 10.0. The maximum Gasteiger partial charge on any atom is 0.147 e. The van der Waals surface area contributed by atoms with Gasteiger partial charge in [-0.3, -0.25) is 0 Å². The molecule has 3 aromatic rings. The van der Waals surface area contributed by atoms with Crippen molar-refractivity contribution >= 4 is 0 Å².